The zero-order valence-electron chi connectivity index (χ0n) is 15.5. The van der Waals surface area contributed by atoms with Crippen molar-refractivity contribution in [1.82, 2.24) is 19.9 Å². The fourth-order valence-corrected chi connectivity index (χ4v) is 3.72. The molecule has 0 radical (unpaired) electrons. The van der Waals surface area contributed by atoms with Crippen molar-refractivity contribution in [2.75, 3.05) is 13.1 Å². The number of hydrogen-bond acceptors (Lipinski definition) is 4. The summed E-state index contributed by atoms with van der Waals surface area (Å²) in [6.07, 6.45) is 4.90. The fraction of sp³-hybridized carbons (Fsp3) is 0.579. The number of aliphatic carboxylic acids is 1. The zero-order chi connectivity index (χ0) is 18.9. The summed E-state index contributed by atoms with van der Waals surface area (Å²) in [6.45, 7) is 6.94. The number of imidazole rings is 1. The Labute approximate surface area is 152 Å². The smallest absolute Gasteiger partial charge is 0.303 e. The van der Waals surface area contributed by atoms with Crippen molar-refractivity contribution in [3.05, 3.63) is 24.3 Å². The molecule has 0 unspecified atom stereocenters. The van der Waals surface area contributed by atoms with Crippen molar-refractivity contribution >= 4 is 22.9 Å². The van der Waals surface area contributed by atoms with Crippen LogP contribution < -0.4 is 0 Å². The molecule has 7 heteroatoms. The van der Waals surface area contributed by atoms with Gasteiger partial charge in [-0.3, -0.25) is 14.6 Å². The van der Waals surface area contributed by atoms with Crippen LogP contribution in [0.25, 0.3) is 11.0 Å². The quantitative estimate of drug-likeness (QED) is 0.875. The van der Waals surface area contributed by atoms with Crippen LogP contribution in [-0.2, 0) is 16.0 Å². The number of nitrogens with one attached hydrogen (secondary N) is 1. The Bertz CT molecular complexity index is 775. The number of rotatable bonds is 4. The lowest BCUT2D eigenvalue weighted by Gasteiger charge is -2.40. The normalized spacial score (nSPS) is 21.1. The van der Waals surface area contributed by atoms with Crippen LogP contribution in [-0.4, -0.2) is 49.9 Å². The first-order chi connectivity index (χ1) is 12.2. The molecule has 2 aromatic rings. The SMILES string of the molecule is CC(C)(C)C(=O)N1CC[C@@H](CC(=O)O)[C@@H](Cc2nc3ccncc3[nH]2)C1. The molecule has 2 aromatic heterocycles. The minimum Gasteiger partial charge on any atom is -0.481 e. The van der Waals surface area contributed by atoms with E-state index in [0.717, 1.165) is 16.9 Å². The highest BCUT2D eigenvalue weighted by Gasteiger charge is 2.36. The van der Waals surface area contributed by atoms with Gasteiger partial charge in [0.1, 0.15) is 5.82 Å². The molecule has 3 heterocycles. The van der Waals surface area contributed by atoms with Crippen molar-refractivity contribution in [3.63, 3.8) is 0 Å². The summed E-state index contributed by atoms with van der Waals surface area (Å²) < 4.78 is 0. The fourth-order valence-electron chi connectivity index (χ4n) is 3.72. The number of pyridine rings is 1. The second-order valence-electron chi connectivity index (χ2n) is 8.19. The highest BCUT2D eigenvalue weighted by atomic mass is 16.4. The molecular weight excluding hydrogens is 332 g/mol. The van der Waals surface area contributed by atoms with Gasteiger partial charge in [-0.2, -0.15) is 0 Å². The van der Waals surface area contributed by atoms with Gasteiger partial charge in [-0.25, -0.2) is 4.98 Å². The van der Waals surface area contributed by atoms with Crippen LogP contribution in [0.4, 0.5) is 0 Å². The number of H-pyrrole nitrogens is 1. The number of amides is 1. The van der Waals surface area contributed by atoms with Gasteiger partial charge >= 0.3 is 5.97 Å². The number of aromatic nitrogens is 3. The molecule has 26 heavy (non-hydrogen) atoms. The molecule has 140 valence electrons. The summed E-state index contributed by atoms with van der Waals surface area (Å²) in [5.41, 5.74) is 1.29. The molecule has 0 aromatic carbocycles. The minimum atomic E-state index is -0.788. The van der Waals surface area contributed by atoms with E-state index >= 15 is 0 Å². The lowest BCUT2D eigenvalue weighted by atomic mass is 9.80. The monoisotopic (exact) mass is 358 g/mol. The third-order valence-electron chi connectivity index (χ3n) is 5.04. The van der Waals surface area contributed by atoms with E-state index in [1.165, 1.54) is 0 Å². The predicted octanol–water partition coefficient (Wildman–Crippen LogP) is 2.49. The van der Waals surface area contributed by atoms with Gasteiger partial charge in [0.2, 0.25) is 5.91 Å². The number of hydrogen-bond donors (Lipinski definition) is 2. The molecule has 0 aliphatic carbocycles. The van der Waals surface area contributed by atoms with E-state index in [-0.39, 0.29) is 24.2 Å². The second-order valence-corrected chi connectivity index (χ2v) is 8.19. The Morgan fingerprint density at radius 2 is 2.12 bits per heavy atom. The molecule has 1 aliphatic rings. The molecule has 2 atom stereocenters. The molecule has 0 saturated carbocycles. The topological polar surface area (TPSA) is 99.2 Å². The lowest BCUT2D eigenvalue weighted by molar-refractivity contribution is -0.143. The number of piperidine rings is 1. The summed E-state index contributed by atoms with van der Waals surface area (Å²) in [7, 11) is 0. The van der Waals surface area contributed by atoms with E-state index in [1.807, 2.05) is 31.7 Å². The summed E-state index contributed by atoms with van der Waals surface area (Å²) in [4.78, 5) is 37.8. The van der Waals surface area contributed by atoms with Gasteiger partial charge in [0.15, 0.2) is 0 Å². The Hall–Kier alpha value is -2.44. The van der Waals surface area contributed by atoms with E-state index in [2.05, 4.69) is 15.0 Å². The van der Waals surface area contributed by atoms with Crippen molar-refractivity contribution < 1.29 is 14.7 Å². The largest absolute Gasteiger partial charge is 0.481 e. The van der Waals surface area contributed by atoms with Crippen molar-refractivity contribution in [3.8, 4) is 0 Å². The predicted molar refractivity (Wildman–Crippen MR) is 97.5 cm³/mol. The maximum absolute atomic E-state index is 12.7. The molecular formula is C19H26N4O3. The van der Waals surface area contributed by atoms with Crippen LogP contribution >= 0.6 is 0 Å². The standard InChI is InChI=1S/C19H26N4O3/c1-19(2,3)18(26)23-7-5-12(9-17(24)25)13(11-23)8-16-21-14-4-6-20-10-15(14)22-16/h4,6,10,12-13H,5,7-9,11H2,1-3H3,(H,21,22)(H,24,25)/t12-,13-/m0/s1. The summed E-state index contributed by atoms with van der Waals surface area (Å²) in [6, 6.07) is 1.85. The third kappa shape index (κ3) is 4.03. The number of carbonyl (C=O) groups excluding carboxylic acids is 1. The van der Waals surface area contributed by atoms with Gasteiger partial charge in [-0.05, 0) is 24.3 Å². The summed E-state index contributed by atoms with van der Waals surface area (Å²) >= 11 is 0. The Kier molecular flexibility index (Phi) is 4.98. The van der Waals surface area contributed by atoms with Crippen LogP contribution in [0.2, 0.25) is 0 Å². The molecule has 7 nitrogen and oxygen atoms in total. The first kappa shape index (κ1) is 18.4. The molecule has 1 amide bonds. The van der Waals surface area contributed by atoms with Crippen LogP contribution in [0.3, 0.4) is 0 Å². The highest BCUT2D eigenvalue weighted by molar-refractivity contribution is 5.81. The molecule has 2 N–H and O–H groups in total. The zero-order valence-corrected chi connectivity index (χ0v) is 15.5. The van der Waals surface area contributed by atoms with Gasteiger partial charge in [0.05, 0.1) is 17.2 Å². The van der Waals surface area contributed by atoms with Gasteiger partial charge < -0.3 is 15.0 Å². The number of carboxylic acid groups (broad SMARTS) is 1. The maximum Gasteiger partial charge on any atom is 0.303 e. The number of fused-ring (bicyclic) bond motifs is 1. The molecule has 1 fully saturated rings. The van der Waals surface area contributed by atoms with Crippen LogP contribution in [0.1, 0.15) is 39.4 Å². The number of carboxylic acids is 1. The van der Waals surface area contributed by atoms with Gasteiger partial charge in [0.25, 0.3) is 0 Å². The second kappa shape index (κ2) is 7.05. The lowest BCUT2D eigenvalue weighted by Crippen LogP contribution is -2.48. The van der Waals surface area contributed by atoms with Gasteiger partial charge in [-0.15, -0.1) is 0 Å². The Morgan fingerprint density at radius 1 is 1.35 bits per heavy atom. The van der Waals surface area contributed by atoms with Crippen LogP contribution in [0.5, 0.6) is 0 Å². The van der Waals surface area contributed by atoms with Crippen molar-refractivity contribution in [2.45, 2.75) is 40.0 Å². The average molecular weight is 358 g/mol. The van der Waals surface area contributed by atoms with Crippen molar-refractivity contribution in [1.29, 1.82) is 0 Å². The molecule has 1 aliphatic heterocycles. The first-order valence-corrected chi connectivity index (χ1v) is 9.04. The molecule has 0 bridgehead atoms. The summed E-state index contributed by atoms with van der Waals surface area (Å²) in [5.74, 6) is 0.260. The van der Waals surface area contributed by atoms with E-state index in [9.17, 15) is 14.7 Å². The first-order valence-electron chi connectivity index (χ1n) is 9.04. The number of nitrogens with zero attached hydrogens (tertiary/aromatic N) is 3. The number of likely N-dealkylation sites (tertiary alicyclic amines) is 1. The molecule has 0 spiro atoms. The van der Waals surface area contributed by atoms with Gasteiger partial charge in [-0.1, -0.05) is 20.8 Å². The molecule has 1 saturated heterocycles. The Morgan fingerprint density at radius 3 is 2.77 bits per heavy atom. The van der Waals surface area contributed by atoms with E-state index in [4.69, 9.17) is 0 Å². The van der Waals surface area contributed by atoms with Crippen LogP contribution in [0, 0.1) is 17.3 Å². The highest BCUT2D eigenvalue weighted by Crippen LogP contribution is 2.31. The number of aromatic amines is 1. The Balaban J connectivity index is 1.80. The van der Waals surface area contributed by atoms with E-state index in [1.54, 1.807) is 12.4 Å². The number of carbonyl (C=O) groups is 2. The molecule has 3 rings (SSSR count). The van der Waals surface area contributed by atoms with E-state index in [0.29, 0.717) is 25.9 Å². The summed E-state index contributed by atoms with van der Waals surface area (Å²) in [5, 5.41) is 9.26. The third-order valence-corrected chi connectivity index (χ3v) is 5.04. The van der Waals surface area contributed by atoms with E-state index < -0.39 is 11.4 Å². The van der Waals surface area contributed by atoms with Crippen LogP contribution in [0.15, 0.2) is 18.5 Å². The average Bonchev–Trinajstić information content (AvgIpc) is 2.96. The van der Waals surface area contributed by atoms with Crippen molar-refractivity contribution in [2.24, 2.45) is 17.3 Å². The minimum absolute atomic E-state index is 0.0443. The van der Waals surface area contributed by atoms with Gasteiger partial charge in [0, 0.05) is 37.5 Å². The maximum atomic E-state index is 12.7.